The number of rotatable bonds is 38. The first-order chi connectivity index (χ1) is 29.4. The van der Waals surface area contributed by atoms with Crippen molar-refractivity contribution in [3.8, 4) is 0 Å². The van der Waals surface area contributed by atoms with E-state index in [4.69, 9.17) is 24.6 Å². The van der Waals surface area contributed by atoms with Crippen molar-refractivity contribution in [2.45, 2.75) is 258 Å². The molecule has 2 unspecified atom stereocenters. The summed E-state index contributed by atoms with van der Waals surface area (Å²) < 4.78 is 30.6. The van der Waals surface area contributed by atoms with Gasteiger partial charge >= 0.3 is 19.5 Å². The first kappa shape index (κ1) is 60.5. The number of esters is 1. The Morgan fingerprint density at radius 1 is 0.508 bits per heavy atom. The number of amides is 3. The Bertz CT molecular complexity index is 1310. The molecule has 0 radical (unpaired) electrons. The number of carbonyl (C=O) groups is 5. The molecule has 0 aromatic heterocycles. The summed E-state index contributed by atoms with van der Waals surface area (Å²) in [5, 5.41) is 17.3. The maximum Gasteiger partial charge on any atom is 0.331 e. The average Bonchev–Trinajstić information content (AvgIpc) is 3.14. The van der Waals surface area contributed by atoms with E-state index in [1.165, 1.54) is 57.8 Å². The molecule has 0 saturated carbocycles. The van der Waals surface area contributed by atoms with Crippen LogP contribution in [0.3, 0.4) is 0 Å². The second-order valence-electron chi connectivity index (χ2n) is 20.3. The molecule has 0 rings (SSSR count). The fraction of sp³-hybridized carbons (Fsp3) is 0.896. The Labute approximate surface area is 382 Å². The SMILES string of the molecule is CC(C)(C)OC(=O)C(CCC(=O)NCCCCCC(=O)NCCCCC(N)C(=O)O)NC(=O)CCCCCCCCCCCCCCCCCCP(=O)(OC(C)(C)C)OC(C)(C)C. The van der Waals surface area contributed by atoms with Crippen LogP contribution in [0, 0.1) is 0 Å². The topological polar surface area (TPSA) is 212 Å². The summed E-state index contributed by atoms with van der Waals surface area (Å²) >= 11 is 0. The van der Waals surface area contributed by atoms with Crippen molar-refractivity contribution in [1.29, 1.82) is 0 Å². The minimum absolute atomic E-state index is 0.0572. The van der Waals surface area contributed by atoms with E-state index in [0.717, 1.165) is 51.4 Å². The van der Waals surface area contributed by atoms with Gasteiger partial charge in [0.15, 0.2) is 0 Å². The number of carboxylic acids is 1. The van der Waals surface area contributed by atoms with Crippen molar-refractivity contribution >= 4 is 37.3 Å². The zero-order valence-corrected chi connectivity index (χ0v) is 42.2. The van der Waals surface area contributed by atoms with Gasteiger partial charge in [-0.2, -0.15) is 0 Å². The summed E-state index contributed by atoms with van der Waals surface area (Å²) in [7, 11) is -3.13. The van der Waals surface area contributed by atoms with Crippen LogP contribution in [-0.4, -0.2) is 82.9 Å². The van der Waals surface area contributed by atoms with Crippen LogP contribution in [0.15, 0.2) is 0 Å². The van der Waals surface area contributed by atoms with Crippen molar-refractivity contribution in [3.05, 3.63) is 0 Å². The lowest BCUT2D eigenvalue weighted by Crippen LogP contribution is -2.44. The molecule has 14 nitrogen and oxygen atoms in total. The van der Waals surface area contributed by atoms with E-state index < -0.39 is 48.4 Å². The van der Waals surface area contributed by atoms with E-state index in [0.29, 0.717) is 64.2 Å². The molecule has 0 heterocycles. The van der Waals surface area contributed by atoms with Crippen molar-refractivity contribution in [3.63, 3.8) is 0 Å². The van der Waals surface area contributed by atoms with Gasteiger partial charge in [0.1, 0.15) is 17.7 Å². The monoisotopic (exact) mass is 917 g/mol. The van der Waals surface area contributed by atoms with Gasteiger partial charge in [0.25, 0.3) is 0 Å². The van der Waals surface area contributed by atoms with Crippen molar-refractivity contribution in [1.82, 2.24) is 16.0 Å². The molecule has 3 amide bonds. The van der Waals surface area contributed by atoms with Crippen LogP contribution in [0.1, 0.15) is 229 Å². The molecule has 15 heteroatoms. The van der Waals surface area contributed by atoms with Crippen LogP contribution < -0.4 is 21.7 Å². The molecule has 2 atom stereocenters. The quantitative estimate of drug-likeness (QED) is 0.0223. The summed E-state index contributed by atoms with van der Waals surface area (Å²) in [6.07, 6.45) is 23.5. The van der Waals surface area contributed by atoms with E-state index in [1.807, 2.05) is 41.5 Å². The highest BCUT2D eigenvalue weighted by Crippen LogP contribution is 2.55. The molecule has 63 heavy (non-hydrogen) atoms. The third-order valence-electron chi connectivity index (χ3n) is 10.1. The van der Waals surface area contributed by atoms with E-state index >= 15 is 0 Å². The fourth-order valence-electron chi connectivity index (χ4n) is 7.01. The Balaban J connectivity index is 4.09. The Morgan fingerprint density at radius 3 is 1.32 bits per heavy atom. The third-order valence-corrected chi connectivity index (χ3v) is 12.6. The zero-order chi connectivity index (χ0) is 47.8. The predicted octanol–water partition coefficient (Wildman–Crippen LogP) is 10.4. The molecule has 0 saturated heterocycles. The summed E-state index contributed by atoms with van der Waals surface area (Å²) in [5.74, 6) is -2.04. The van der Waals surface area contributed by atoms with Gasteiger partial charge in [-0.05, 0) is 114 Å². The number of carboxylic acid groups (broad SMARTS) is 1. The molecule has 0 aromatic rings. The lowest BCUT2D eigenvalue weighted by atomic mass is 10.0. The number of hydrogen-bond donors (Lipinski definition) is 5. The average molecular weight is 917 g/mol. The first-order valence-electron chi connectivity index (χ1n) is 24.5. The molecule has 0 spiro atoms. The molecule has 0 fully saturated rings. The van der Waals surface area contributed by atoms with Crippen molar-refractivity contribution < 1.29 is 47.4 Å². The molecule has 0 aliphatic heterocycles. The number of carbonyl (C=O) groups excluding carboxylic acids is 4. The van der Waals surface area contributed by atoms with Gasteiger partial charge in [-0.15, -0.1) is 0 Å². The van der Waals surface area contributed by atoms with Crippen LogP contribution in [0.25, 0.3) is 0 Å². The summed E-state index contributed by atoms with van der Waals surface area (Å²) in [5.41, 5.74) is 3.75. The zero-order valence-electron chi connectivity index (χ0n) is 41.3. The lowest BCUT2D eigenvalue weighted by Gasteiger charge is -2.32. The normalized spacial score (nSPS) is 13.3. The Hall–Kier alpha value is -2.54. The van der Waals surface area contributed by atoms with Gasteiger partial charge in [-0.1, -0.05) is 96.3 Å². The van der Waals surface area contributed by atoms with Crippen molar-refractivity contribution in [2.75, 3.05) is 19.3 Å². The predicted molar refractivity (Wildman–Crippen MR) is 254 cm³/mol. The van der Waals surface area contributed by atoms with E-state index in [1.54, 1.807) is 20.8 Å². The second-order valence-corrected chi connectivity index (χ2v) is 22.3. The molecular weight excluding hydrogens is 824 g/mol. The molecule has 0 aliphatic carbocycles. The molecule has 0 aliphatic rings. The first-order valence-corrected chi connectivity index (χ1v) is 26.2. The van der Waals surface area contributed by atoms with E-state index in [2.05, 4.69) is 16.0 Å². The number of hydrogen-bond acceptors (Lipinski definition) is 10. The number of nitrogens with one attached hydrogen (secondary N) is 3. The molecular formula is C48H93N4O10P. The molecule has 0 aromatic carbocycles. The van der Waals surface area contributed by atoms with Gasteiger partial charge in [-0.25, -0.2) is 4.79 Å². The van der Waals surface area contributed by atoms with Crippen LogP contribution in [0.2, 0.25) is 0 Å². The Morgan fingerprint density at radius 2 is 0.889 bits per heavy atom. The maximum atomic E-state index is 13.3. The van der Waals surface area contributed by atoms with Gasteiger partial charge < -0.3 is 40.6 Å². The Kier molecular flexibility index (Phi) is 32.5. The summed E-state index contributed by atoms with van der Waals surface area (Å²) in [6.45, 7) is 17.8. The van der Waals surface area contributed by atoms with Crippen LogP contribution in [-0.2, 0) is 42.3 Å². The number of ether oxygens (including phenoxy) is 1. The van der Waals surface area contributed by atoms with Gasteiger partial charge in [-0.3, -0.25) is 23.7 Å². The standard InChI is InChI=1S/C48H93N4O10P/c1-46(2,3)60-45(58)40(34-35-42(54)51-36-28-24-26-32-41(53)50-37-29-27-31-39(49)44(56)57)52-43(55)33-25-22-20-18-16-14-12-10-11-13-15-17-19-21-23-30-38-63(59,61-47(4,5)6)62-48(7,8)9/h39-40H,10-38,49H2,1-9H3,(H,50,53)(H,51,54)(H,52,55)(H,56,57). The van der Waals surface area contributed by atoms with Crippen LogP contribution in [0.4, 0.5) is 0 Å². The van der Waals surface area contributed by atoms with Crippen molar-refractivity contribution in [2.24, 2.45) is 5.73 Å². The van der Waals surface area contributed by atoms with Gasteiger partial charge in [0, 0.05) is 32.4 Å². The highest BCUT2D eigenvalue weighted by Gasteiger charge is 2.34. The smallest absolute Gasteiger partial charge is 0.331 e. The summed E-state index contributed by atoms with van der Waals surface area (Å²) in [4.78, 5) is 61.1. The highest BCUT2D eigenvalue weighted by atomic mass is 31.2. The lowest BCUT2D eigenvalue weighted by molar-refractivity contribution is -0.159. The minimum atomic E-state index is -3.13. The van der Waals surface area contributed by atoms with Gasteiger partial charge in [0.05, 0.1) is 17.4 Å². The largest absolute Gasteiger partial charge is 0.480 e. The highest BCUT2D eigenvalue weighted by molar-refractivity contribution is 7.53. The molecule has 0 bridgehead atoms. The fourth-order valence-corrected chi connectivity index (χ4v) is 9.51. The van der Waals surface area contributed by atoms with E-state index in [9.17, 15) is 28.5 Å². The number of aliphatic carboxylic acids is 1. The number of nitrogens with two attached hydrogens (primary N) is 1. The molecule has 370 valence electrons. The summed E-state index contributed by atoms with van der Waals surface area (Å²) in [6, 6.07) is -1.77. The van der Waals surface area contributed by atoms with Gasteiger partial charge in [0.2, 0.25) is 17.7 Å². The third kappa shape index (κ3) is 39.5. The van der Waals surface area contributed by atoms with E-state index in [-0.39, 0.29) is 30.6 Å². The maximum absolute atomic E-state index is 13.3. The molecule has 6 N–H and O–H groups in total. The second kappa shape index (κ2) is 33.9. The van der Waals surface area contributed by atoms with Crippen LogP contribution in [0.5, 0.6) is 0 Å². The van der Waals surface area contributed by atoms with Crippen LogP contribution >= 0.6 is 7.60 Å². The minimum Gasteiger partial charge on any atom is -0.480 e. The number of unbranched alkanes of at least 4 members (excludes halogenated alkanes) is 18.